The van der Waals surface area contributed by atoms with Crippen LogP contribution in [0.4, 0.5) is 5.13 Å². The van der Waals surface area contributed by atoms with E-state index >= 15 is 0 Å². The lowest BCUT2D eigenvalue weighted by atomic mass is 9.94. The van der Waals surface area contributed by atoms with Crippen LogP contribution in [0.3, 0.4) is 0 Å². The molecule has 1 N–H and O–H groups in total. The summed E-state index contributed by atoms with van der Waals surface area (Å²) in [6.45, 7) is 1.82. The van der Waals surface area contributed by atoms with Gasteiger partial charge in [-0.05, 0) is 49.1 Å². The minimum atomic E-state index is -3.70. The van der Waals surface area contributed by atoms with Gasteiger partial charge in [0.2, 0.25) is 0 Å². The summed E-state index contributed by atoms with van der Waals surface area (Å²) >= 11 is 1.41. The van der Waals surface area contributed by atoms with Gasteiger partial charge in [0.05, 0.1) is 17.7 Å². The number of methoxy groups -OCH3 is 1. The molecule has 3 aromatic rings. The van der Waals surface area contributed by atoms with Crippen molar-refractivity contribution in [3.63, 3.8) is 0 Å². The summed E-state index contributed by atoms with van der Waals surface area (Å²) < 4.78 is 33.3. The molecule has 0 fully saturated rings. The molecule has 0 amide bonds. The highest BCUT2D eigenvalue weighted by Crippen LogP contribution is 2.38. The highest BCUT2D eigenvalue weighted by molar-refractivity contribution is 7.93. The number of thiazole rings is 1. The van der Waals surface area contributed by atoms with E-state index in [1.165, 1.54) is 23.0 Å². The molecule has 134 valence electrons. The monoisotopic (exact) mass is 386 g/mol. The molecular formula is C19H18N2O3S2. The average Bonchev–Trinajstić information content (AvgIpc) is 3.03. The number of sulfonamides is 1. The van der Waals surface area contributed by atoms with Gasteiger partial charge in [0, 0.05) is 10.4 Å². The summed E-state index contributed by atoms with van der Waals surface area (Å²) in [5.41, 5.74) is 4.00. The first-order valence-corrected chi connectivity index (χ1v) is 10.5. The van der Waals surface area contributed by atoms with E-state index in [2.05, 4.69) is 15.8 Å². The fraction of sp³-hybridized carbons (Fsp3) is 0.211. The van der Waals surface area contributed by atoms with Crippen molar-refractivity contribution in [2.75, 3.05) is 11.8 Å². The van der Waals surface area contributed by atoms with Crippen molar-refractivity contribution in [2.24, 2.45) is 0 Å². The Bertz CT molecular complexity index is 1090. The minimum absolute atomic E-state index is 0.198. The van der Waals surface area contributed by atoms with Crippen LogP contribution in [0.5, 0.6) is 5.75 Å². The maximum atomic E-state index is 12.7. The lowest BCUT2D eigenvalue weighted by Gasteiger charge is -2.13. The molecule has 0 atom stereocenters. The molecule has 5 nitrogen and oxygen atoms in total. The van der Waals surface area contributed by atoms with Crippen molar-refractivity contribution in [3.05, 3.63) is 58.5 Å². The third-order valence-corrected chi connectivity index (χ3v) is 6.99. The third kappa shape index (κ3) is 2.97. The number of aryl methyl sites for hydroxylation is 3. The zero-order valence-electron chi connectivity index (χ0n) is 14.4. The molecular weight excluding hydrogens is 368 g/mol. The van der Waals surface area contributed by atoms with E-state index in [4.69, 9.17) is 4.74 Å². The summed E-state index contributed by atoms with van der Waals surface area (Å²) in [6, 6.07) is 12.9. The second kappa shape index (κ2) is 6.41. The Morgan fingerprint density at radius 1 is 1.15 bits per heavy atom. The zero-order valence-corrected chi connectivity index (χ0v) is 16.1. The van der Waals surface area contributed by atoms with Crippen molar-refractivity contribution in [2.45, 2.75) is 24.7 Å². The number of fused-ring (bicyclic) bond motifs is 3. The number of benzene rings is 2. The Kier molecular flexibility index (Phi) is 4.20. The fourth-order valence-corrected chi connectivity index (χ4v) is 5.48. The highest BCUT2D eigenvalue weighted by Gasteiger charge is 2.23. The topological polar surface area (TPSA) is 68.3 Å². The number of hydrogen-bond acceptors (Lipinski definition) is 5. The Labute approximate surface area is 156 Å². The number of hydrogen-bond donors (Lipinski definition) is 1. The van der Waals surface area contributed by atoms with Crippen molar-refractivity contribution in [3.8, 4) is 17.0 Å². The first-order valence-electron chi connectivity index (χ1n) is 8.23. The number of nitrogens with zero attached hydrogens (tertiary/aromatic N) is 1. The molecule has 0 spiro atoms. The lowest BCUT2D eigenvalue weighted by molar-refractivity contribution is 0.411. The van der Waals surface area contributed by atoms with Crippen LogP contribution in [-0.2, 0) is 22.9 Å². The van der Waals surface area contributed by atoms with Crippen LogP contribution in [0.2, 0.25) is 0 Å². The summed E-state index contributed by atoms with van der Waals surface area (Å²) in [7, 11) is -2.13. The number of ether oxygens (including phenoxy) is 1. The smallest absolute Gasteiger partial charge is 0.263 e. The number of nitrogens with one attached hydrogen (secondary N) is 1. The van der Waals surface area contributed by atoms with Gasteiger partial charge in [-0.1, -0.05) is 24.3 Å². The number of rotatable bonds is 4. The van der Waals surface area contributed by atoms with Gasteiger partial charge in [0.25, 0.3) is 10.0 Å². The van der Waals surface area contributed by atoms with Crippen LogP contribution >= 0.6 is 11.3 Å². The Balaban J connectivity index is 1.66. The molecule has 0 unspecified atom stereocenters. The van der Waals surface area contributed by atoms with Crippen LogP contribution in [-0.4, -0.2) is 20.5 Å². The van der Waals surface area contributed by atoms with E-state index < -0.39 is 10.0 Å². The van der Waals surface area contributed by atoms with E-state index in [-0.39, 0.29) is 4.90 Å². The molecule has 0 bridgehead atoms. The second-order valence-corrected chi connectivity index (χ2v) is 8.95. The minimum Gasteiger partial charge on any atom is -0.496 e. The molecule has 0 aliphatic heterocycles. The molecule has 0 saturated heterocycles. The van der Waals surface area contributed by atoms with E-state index in [9.17, 15) is 8.42 Å². The molecule has 4 rings (SSSR count). The average molecular weight is 386 g/mol. The summed E-state index contributed by atoms with van der Waals surface area (Å²) in [5, 5.41) is 0.403. The van der Waals surface area contributed by atoms with E-state index in [1.807, 2.05) is 25.1 Å². The summed E-state index contributed by atoms with van der Waals surface area (Å²) in [4.78, 5) is 5.88. The van der Waals surface area contributed by atoms with Crippen LogP contribution in [0, 0.1) is 6.92 Å². The van der Waals surface area contributed by atoms with Crippen LogP contribution < -0.4 is 9.46 Å². The van der Waals surface area contributed by atoms with Gasteiger partial charge in [-0.3, -0.25) is 4.72 Å². The predicted molar refractivity (Wildman–Crippen MR) is 103 cm³/mol. The van der Waals surface area contributed by atoms with E-state index in [0.717, 1.165) is 34.5 Å². The Morgan fingerprint density at radius 2 is 1.96 bits per heavy atom. The normalized spacial score (nSPS) is 13.0. The summed E-state index contributed by atoms with van der Waals surface area (Å²) in [5.74, 6) is 0.658. The van der Waals surface area contributed by atoms with Crippen molar-refractivity contribution in [1.82, 2.24) is 4.98 Å². The van der Waals surface area contributed by atoms with Crippen molar-refractivity contribution < 1.29 is 13.2 Å². The molecule has 1 aliphatic carbocycles. The van der Waals surface area contributed by atoms with E-state index in [0.29, 0.717) is 10.9 Å². The molecule has 0 radical (unpaired) electrons. The standard InChI is InChI=1S/C19H18N2O3S2/c1-12-11-14(8-9-16(12)24-2)26(22,23)21-19-20-18-15-6-4-3-5-13(15)7-10-17(18)25-19/h3-6,8-9,11H,7,10H2,1-2H3,(H,20,21). The summed E-state index contributed by atoms with van der Waals surface area (Å²) in [6.07, 6.45) is 1.84. The van der Waals surface area contributed by atoms with Gasteiger partial charge in [0.1, 0.15) is 5.75 Å². The first kappa shape index (κ1) is 17.1. The van der Waals surface area contributed by atoms with Crippen LogP contribution in [0.1, 0.15) is 16.0 Å². The third-order valence-electron chi connectivity index (χ3n) is 4.49. The maximum Gasteiger partial charge on any atom is 0.263 e. The van der Waals surface area contributed by atoms with Gasteiger partial charge in [-0.15, -0.1) is 11.3 Å². The zero-order chi connectivity index (χ0) is 18.3. The lowest BCUT2D eigenvalue weighted by Crippen LogP contribution is -2.13. The van der Waals surface area contributed by atoms with Gasteiger partial charge in [-0.25, -0.2) is 13.4 Å². The Hall–Kier alpha value is -2.38. The molecule has 7 heteroatoms. The molecule has 1 aromatic heterocycles. The van der Waals surface area contributed by atoms with E-state index in [1.54, 1.807) is 19.2 Å². The molecule has 26 heavy (non-hydrogen) atoms. The van der Waals surface area contributed by atoms with Crippen LogP contribution in [0.15, 0.2) is 47.4 Å². The van der Waals surface area contributed by atoms with Gasteiger partial charge < -0.3 is 4.74 Å². The SMILES string of the molecule is COc1ccc(S(=O)(=O)Nc2nc3c(s2)CCc2ccccc2-3)cc1C. The Morgan fingerprint density at radius 3 is 2.73 bits per heavy atom. The highest BCUT2D eigenvalue weighted by atomic mass is 32.2. The largest absolute Gasteiger partial charge is 0.496 e. The fourth-order valence-electron chi connectivity index (χ4n) is 3.18. The first-order chi connectivity index (χ1) is 12.5. The maximum absolute atomic E-state index is 12.7. The van der Waals surface area contributed by atoms with Crippen molar-refractivity contribution in [1.29, 1.82) is 0 Å². The van der Waals surface area contributed by atoms with Gasteiger partial charge in [-0.2, -0.15) is 0 Å². The second-order valence-electron chi connectivity index (χ2n) is 6.18. The van der Waals surface area contributed by atoms with Crippen molar-refractivity contribution >= 4 is 26.5 Å². The predicted octanol–water partition coefficient (Wildman–Crippen LogP) is 4.03. The molecule has 0 saturated carbocycles. The molecule has 2 aromatic carbocycles. The van der Waals surface area contributed by atoms with Gasteiger partial charge in [0.15, 0.2) is 5.13 Å². The quantitative estimate of drug-likeness (QED) is 0.735. The van der Waals surface area contributed by atoms with Crippen LogP contribution in [0.25, 0.3) is 11.3 Å². The van der Waals surface area contributed by atoms with Gasteiger partial charge >= 0.3 is 0 Å². The molecule has 1 heterocycles. The molecule has 1 aliphatic rings. The number of aromatic nitrogens is 1. The number of anilines is 1.